The van der Waals surface area contributed by atoms with Crippen LogP contribution in [0.25, 0.3) is 0 Å². The van der Waals surface area contributed by atoms with Gasteiger partial charge in [0, 0.05) is 12.0 Å². The van der Waals surface area contributed by atoms with Gasteiger partial charge in [0.15, 0.2) is 0 Å². The van der Waals surface area contributed by atoms with Crippen molar-refractivity contribution in [3.63, 3.8) is 0 Å². The van der Waals surface area contributed by atoms with E-state index in [9.17, 15) is 4.79 Å². The summed E-state index contributed by atoms with van der Waals surface area (Å²) in [6, 6.07) is 15.7. The van der Waals surface area contributed by atoms with Crippen molar-refractivity contribution in [2.45, 2.75) is 30.7 Å². The summed E-state index contributed by atoms with van der Waals surface area (Å²) in [6.07, 6.45) is -0.0695. The lowest BCUT2D eigenvalue weighted by molar-refractivity contribution is -0.134. The highest BCUT2D eigenvalue weighted by atomic mass is 79.9. The number of hydrogen-bond donors (Lipinski definition) is 0. The van der Waals surface area contributed by atoms with Gasteiger partial charge >= 0.3 is 5.97 Å². The zero-order valence-corrected chi connectivity index (χ0v) is 14.0. The van der Waals surface area contributed by atoms with Gasteiger partial charge in [-0.15, -0.1) is 0 Å². The van der Waals surface area contributed by atoms with Crippen LogP contribution in [0.15, 0.2) is 48.5 Å². The molecule has 0 fully saturated rings. The standard InChI is InChI=1S/C18H17BrO3/c1-11-15-9-8-14(10-16(15)22-18(20)17(11)19)21-12(2)13-6-4-3-5-7-13/h3-12,17H,1-2H3. The second-order valence-corrected chi connectivity index (χ2v) is 6.47. The first-order valence-corrected chi connectivity index (χ1v) is 8.19. The van der Waals surface area contributed by atoms with E-state index >= 15 is 0 Å². The highest BCUT2D eigenvalue weighted by Crippen LogP contribution is 2.39. The van der Waals surface area contributed by atoms with Gasteiger partial charge in [0.2, 0.25) is 0 Å². The Morgan fingerprint density at radius 3 is 2.64 bits per heavy atom. The lowest BCUT2D eigenvalue weighted by Gasteiger charge is -2.26. The fourth-order valence-corrected chi connectivity index (χ4v) is 2.95. The first-order chi connectivity index (χ1) is 10.6. The molecule has 0 aromatic heterocycles. The molecule has 0 saturated heterocycles. The normalized spacial score (nSPS) is 21.7. The molecular formula is C18H17BrO3. The van der Waals surface area contributed by atoms with Gasteiger partial charge in [-0.3, -0.25) is 4.79 Å². The molecule has 0 saturated carbocycles. The highest BCUT2D eigenvalue weighted by Gasteiger charge is 2.33. The molecule has 2 aromatic rings. The van der Waals surface area contributed by atoms with Crippen molar-refractivity contribution in [2.24, 2.45) is 0 Å². The number of fused-ring (bicyclic) bond motifs is 1. The Hall–Kier alpha value is -1.81. The maximum Gasteiger partial charge on any atom is 0.325 e. The quantitative estimate of drug-likeness (QED) is 0.455. The zero-order chi connectivity index (χ0) is 15.7. The average molecular weight is 361 g/mol. The molecule has 0 amide bonds. The molecule has 2 aromatic carbocycles. The van der Waals surface area contributed by atoms with E-state index < -0.39 is 0 Å². The first-order valence-electron chi connectivity index (χ1n) is 7.27. The first kappa shape index (κ1) is 15.1. The summed E-state index contributed by atoms with van der Waals surface area (Å²) < 4.78 is 11.3. The second kappa shape index (κ2) is 6.13. The highest BCUT2D eigenvalue weighted by molar-refractivity contribution is 9.10. The van der Waals surface area contributed by atoms with Gasteiger partial charge in [-0.2, -0.15) is 0 Å². The zero-order valence-electron chi connectivity index (χ0n) is 12.5. The largest absolute Gasteiger partial charge is 0.486 e. The molecule has 0 N–H and O–H groups in total. The third kappa shape index (κ3) is 2.88. The van der Waals surface area contributed by atoms with E-state index in [1.54, 1.807) is 6.07 Å². The third-order valence-electron chi connectivity index (χ3n) is 3.93. The summed E-state index contributed by atoms with van der Waals surface area (Å²) in [5.41, 5.74) is 2.12. The molecule has 1 aliphatic heterocycles. The van der Waals surface area contributed by atoms with Crippen LogP contribution in [-0.4, -0.2) is 10.8 Å². The molecule has 4 heteroatoms. The minimum Gasteiger partial charge on any atom is -0.486 e. The summed E-state index contributed by atoms with van der Waals surface area (Å²) in [4.78, 5) is 11.5. The number of alkyl halides is 1. The van der Waals surface area contributed by atoms with Crippen LogP contribution in [0.5, 0.6) is 11.5 Å². The summed E-state index contributed by atoms with van der Waals surface area (Å²) >= 11 is 3.37. The van der Waals surface area contributed by atoms with Crippen molar-refractivity contribution in [3.05, 3.63) is 59.7 Å². The van der Waals surface area contributed by atoms with E-state index in [0.29, 0.717) is 11.5 Å². The monoisotopic (exact) mass is 360 g/mol. The summed E-state index contributed by atoms with van der Waals surface area (Å²) in [5.74, 6) is 1.11. The van der Waals surface area contributed by atoms with Gasteiger partial charge in [-0.25, -0.2) is 0 Å². The molecule has 114 valence electrons. The Morgan fingerprint density at radius 1 is 1.18 bits per heavy atom. The number of esters is 1. The van der Waals surface area contributed by atoms with Crippen LogP contribution in [0.4, 0.5) is 0 Å². The molecule has 1 aliphatic rings. The lowest BCUT2D eigenvalue weighted by atomic mass is 9.94. The predicted molar refractivity (Wildman–Crippen MR) is 88.7 cm³/mol. The van der Waals surface area contributed by atoms with E-state index in [4.69, 9.17) is 9.47 Å². The SMILES string of the molecule is CC(Oc1ccc2c(c1)OC(=O)C(Br)C2C)c1ccccc1. The van der Waals surface area contributed by atoms with E-state index in [1.165, 1.54) is 0 Å². The van der Waals surface area contributed by atoms with E-state index in [2.05, 4.69) is 15.9 Å². The van der Waals surface area contributed by atoms with Crippen molar-refractivity contribution in [1.29, 1.82) is 0 Å². The minimum atomic E-state index is -0.296. The topological polar surface area (TPSA) is 35.5 Å². The average Bonchev–Trinajstić information content (AvgIpc) is 2.53. The van der Waals surface area contributed by atoms with Crippen LogP contribution in [0.2, 0.25) is 0 Å². The third-order valence-corrected chi connectivity index (χ3v) is 5.10. The fraction of sp³-hybridized carbons (Fsp3) is 0.278. The molecule has 0 radical (unpaired) electrons. The van der Waals surface area contributed by atoms with Crippen LogP contribution in [0.3, 0.4) is 0 Å². The van der Waals surface area contributed by atoms with Crippen LogP contribution >= 0.6 is 15.9 Å². The van der Waals surface area contributed by atoms with Crippen LogP contribution in [0.1, 0.15) is 37.0 Å². The van der Waals surface area contributed by atoms with Gasteiger partial charge in [0.25, 0.3) is 0 Å². The van der Waals surface area contributed by atoms with E-state index in [0.717, 1.165) is 11.1 Å². The molecule has 1 heterocycles. The van der Waals surface area contributed by atoms with E-state index in [1.807, 2.05) is 56.3 Å². The van der Waals surface area contributed by atoms with Crippen molar-refractivity contribution in [3.8, 4) is 11.5 Å². The molecule has 3 rings (SSSR count). The molecule has 0 aliphatic carbocycles. The number of hydrogen-bond acceptors (Lipinski definition) is 3. The van der Waals surface area contributed by atoms with Gasteiger partial charge < -0.3 is 9.47 Å². The van der Waals surface area contributed by atoms with Gasteiger partial charge in [0.05, 0.1) is 0 Å². The number of benzene rings is 2. The molecule has 0 spiro atoms. The van der Waals surface area contributed by atoms with Crippen LogP contribution < -0.4 is 9.47 Å². The maximum atomic E-state index is 11.8. The smallest absolute Gasteiger partial charge is 0.325 e. The van der Waals surface area contributed by atoms with Crippen LogP contribution in [-0.2, 0) is 4.79 Å². The van der Waals surface area contributed by atoms with Crippen LogP contribution in [0, 0.1) is 0 Å². The molecule has 3 atom stereocenters. The maximum absolute atomic E-state index is 11.8. The van der Waals surface area contributed by atoms with Crippen molar-refractivity contribution < 1.29 is 14.3 Å². The van der Waals surface area contributed by atoms with Gasteiger partial charge in [-0.1, -0.05) is 59.3 Å². The summed E-state index contributed by atoms with van der Waals surface area (Å²) in [6.45, 7) is 4.00. The molecule has 0 bridgehead atoms. The fourth-order valence-electron chi connectivity index (χ4n) is 2.58. The van der Waals surface area contributed by atoms with Crippen molar-refractivity contribution in [1.82, 2.24) is 0 Å². The molecule has 3 nitrogen and oxygen atoms in total. The van der Waals surface area contributed by atoms with Gasteiger partial charge in [0.1, 0.15) is 22.4 Å². The molecule has 22 heavy (non-hydrogen) atoms. The Balaban J connectivity index is 1.82. The van der Waals surface area contributed by atoms with Crippen molar-refractivity contribution in [2.75, 3.05) is 0 Å². The molecular weight excluding hydrogens is 344 g/mol. The Morgan fingerprint density at radius 2 is 1.91 bits per heavy atom. The molecule has 3 unspecified atom stereocenters. The summed E-state index contributed by atoms with van der Waals surface area (Å²) in [7, 11) is 0. The van der Waals surface area contributed by atoms with E-state index in [-0.39, 0.29) is 22.8 Å². The van der Waals surface area contributed by atoms with Crippen molar-refractivity contribution >= 4 is 21.9 Å². The van der Waals surface area contributed by atoms with Gasteiger partial charge in [-0.05, 0) is 24.1 Å². The predicted octanol–water partition coefficient (Wildman–Crippen LogP) is 4.61. The second-order valence-electron chi connectivity index (χ2n) is 5.48. The summed E-state index contributed by atoms with van der Waals surface area (Å²) in [5, 5.41) is 0. The Bertz CT molecular complexity index is 684. The number of rotatable bonds is 3. The lowest BCUT2D eigenvalue weighted by Crippen LogP contribution is -2.30. The Kier molecular flexibility index (Phi) is 4.21. The number of ether oxygens (including phenoxy) is 2. The minimum absolute atomic E-state index is 0.0695. The number of carbonyl (C=O) groups excluding carboxylic acids is 1. The number of halogens is 1. The number of carbonyl (C=O) groups is 1. The Labute approximate surface area is 138 Å².